The first-order chi connectivity index (χ1) is 12.7. The van der Waals surface area contributed by atoms with Crippen LogP contribution in [0.15, 0.2) is 41.2 Å². The number of aromatic amines is 1. The van der Waals surface area contributed by atoms with Gasteiger partial charge in [0.25, 0.3) is 5.56 Å². The maximum absolute atomic E-state index is 12.4. The first kappa shape index (κ1) is 15.3. The van der Waals surface area contributed by atoms with Crippen molar-refractivity contribution < 1.29 is 0 Å². The van der Waals surface area contributed by atoms with Crippen molar-refractivity contribution in [2.45, 2.75) is 38.5 Å². The van der Waals surface area contributed by atoms with Crippen LogP contribution in [0.3, 0.4) is 0 Å². The van der Waals surface area contributed by atoms with E-state index < -0.39 is 0 Å². The number of nitrogens with zero attached hydrogens (tertiary/aromatic N) is 4. The van der Waals surface area contributed by atoms with Crippen LogP contribution < -0.4 is 5.56 Å². The van der Waals surface area contributed by atoms with Gasteiger partial charge in [-0.25, -0.2) is 14.6 Å². The molecule has 0 atom stereocenters. The molecule has 4 aromatic rings. The van der Waals surface area contributed by atoms with Crippen molar-refractivity contribution in [1.29, 1.82) is 0 Å². The molecule has 26 heavy (non-hydrogen) atoms. The normalized spacial score (nSPS) is 15.3. The Hall–Kier alpha value is -3.02. The average Bonchev–Trinajstić information content (AvgIpc) is 3.34. The predicted octanol–water partition coefficient (Wildman–Crippen LogP) is 3.60. The van der Waals surface area contributed by atoms with Crippen LogP contribution in [0, 0.1) is 6.92 Å². The highest BCUT2D eigenvalue weighted by Gasteiger charge is 2.24. The summed E-state index contributed by atoms with van der Waals surface area (Å²) in [6.07, 6.45) is 4.62. The summed E-state index contributed by atoms with van der Waals surface area (Å²) < 4.78 is 1.84. The molecule has 0 amide bonds. The number of hydrogen-bond donors (Lipinski definition) is 1. The Kier molecular flexibility index (Phi) is 3.38. The van der Waals surface area contributed by atoms with Crippen molar-refractivity contribution in [3.63, 3.8) is 0 Å². The van der Waals surface area contributed by atoms with Gasteiger partial charge in [-0.15, -0.1) is 0 Å². The lowest BCUT2D eigenvalue weighted by molar-refractivity contribution is 0.685. The lowest BCUT2D eigenvalue weighted by atomic mass is 9.99. The molecule has 1 fully saturated rings. The third-order valence-electron chi connectivity index (χ3n) is 5.34. The minimum atomic E-state index is -0.241. The standard InChI is InChI=1S/C20H19N5O/c1-12-21-19-17(18(22-23-20(19)26)14-9-5-6-10-14)16-11-15(24-25(12)16)13-7-3-2-4-8-13/h2-4,7-8,11,14H,5-6,9-10H2,1H3,(H,23,26). The van der Waals surface area contributed by atoms with Crippen LogP contribution in [-0.2, 0) is 0 Å². The number of fused-ring (bicyclic) bond motifs is 3. The second-order valence-electron chi connectivity index (χ2n) is 6.99. The summed E-state index contributed by atoms with van der Waals surface area (Å²) in [7, 11) is 0. The van der Waals surface area contributed by atoms with Gasteiger partial charge in [-0.2, -0.15) is 10.2 Å². The number of H-pyrrole nitrogens is 1. The third-order valence-corrected chi connectivity index (χ3v) is 5.34. The van der Waals surface area contributed by atoms with E-state index >= 15 is 0 Å². The quantitative estimate of drug-likeness (QED) is 0.602. The smallest absolute Gasteiger partial charge is 0.266 e. The summed E-state index contributed by atoms with van der Waals surface area (Å²) in [5.41, 5.74) is 4.01. The Morgan fingerprint density at radius 1 is 1.15 bits per heavy atom. The molecule has 130 valence electrons. The SMILES string of the molecule is Cc1nc2c(=O)[nH]nc(C3CCCC3)c2c2cc(-c3ccccc3)nn12. The van der Waals surface area contributed by atoms with Gasteiger partial charge in [0.2, 0.25) is 0 Å². The van der Waals surface area contributed by atoms with E-state index in [2.05, 4.69) is 15.2 Å². The molecular weight excluding hydrogens is 326 g/mol. The highest BCUT2D eigenvalue weighted by atomic mass is 16.1. The van der Waals surface area contributed by atoms with Crippen LogP contribution in [0.4, 0.5) is 0 Å². The maximum atomic E-state index is 12.4. The molecule has 1 saturated carbocycles. The lowest BCUT2D eigenvalue weighted by Gasteiger charge is -2.12. The number of aromatic nitrogens is 5. The number of benzene rings is 1. The van der Waals surface area contributed by atoms with Gasteiger partial charge in [-0.3, -0.25) is 4.79 Å². The largest absolute Gasteiger partial charge is 0.290 e. The Balaban J connectivity index is 1.87. The molecule has 0 unspecified atom stereocenters. The highest BCUT2D eigenvalue weighted by molar-refractivity contribution is 5.96. The zero-order valence-electron chi connectivity index (χ0n) is 14.6. The molecule has 5 rings (SSSR count). The molecule has 1 aromatic carbocycles. The first-order valence-corrected chi connectivity index (χ1v) is 9.06. The number of rotatable bonds is 2. The van der Waals surface area contributed by atoms with Crippen molar-refractivity contribution in [2.75, 3.05) is 0 Å². The summed E-state index contributed by atoms with van der Waals surface area (Å²) in [4.78, 5) is 17.0. The average molecular weight is 345 g/mol. The van der Waals surface area contributed by atoms with Crippen LogP contribution in [0.5, 0.6) is 0 Å². The van der Waals surface area contributed by atoms with Gasteiger partial charge < -0.3 is 0 Å². The molecule has 0 spiro atoms. The van der Waals surface area contributed by atoms with Gasteiger partial charge in [0.1, 0.15) is 11.3 Å². The van der Waals surface area contributed by atoms with Crippen molar-refractivity contribution >= 4 is 16.4 Å². The van der Waals surface area contributed by atoms with Crippen molar-refractivity contribution in [1.82, 2.24) is 24.8 Å². The summed E-state index contributed by atoms with van der Waals surface area (Å²) in [5.74, 6) is 1.07. The second-order valence-corrected chi connectivity index (χ2v) is 6.99. The van der Waals surface area contributed by atoms with E-state index in [9.17, 15) is 4.79 Å². The molecule has 1 aliphatic rings. The molecule has 0 saturated heterocycles. The van der Waals surface area contributed by atoms with Crippen molar-refractivity contribution in [3.8, 4) is 11.3 Å². The Labute approximate surface area is 149 Å². The molecule has 0 bridgehead atoms. The fourth-order valence-corrected chi connectivity index (χ4v) is 4.07. The molecule has 0 radical (unpaired) electrons. The zero-order valence-corrected chi connectivity index (χ0v) is 14.6. The topological polar surface area (TPSA) is 75.9 Å². The van der Waals surface area contributed by atoms with Crippen LogP contribution in [0.1, 0.15) is 43.1 Å². The summed E-state index contributed by atoms with van der Waals surface area (Å²) in [6.45, 7) is 1.88. The van der Waals surface area contributed by atoms with Crippen LogP contribution in [0.2, 0.25) is 0 Å². The van der Waals surface area contributed by atoms with Gasteiger partial charge in [-0.05, 0) is 25.8 Å². The van der Waals surface area contributed by atoms with Crippen molar-refractivity contribution in [3.05, 3.63) is 58.3 Å². The maximum Gasteiger partial charge on any atom is 0.290 e. The minimum Gasteiger partial charge on any atom is -0.266 e. The van der Waals surface area contributed by atoms with Gasteiger partial charge in [0, 0.05) is 11.5 Å². The van der Waals surface area contributed by atoms with E-state index in [-0.39, 0.29) is 5.56 Å². The Morgan fingerprint density at radius 2 is 1.92 bits per heavy atom. The van der Waals surface area contributed by atoms with Gasteiger partial charge in [0.05, 0.1) is 22.3 Å². The molecule has 6 nitrogen and oxygen atoms in total. The molecule has 6 heteroatoms. The minimum absolute atomic E-state index is 0.241. The van der Waals surface area contributed by atoms with Gasteiger partial charge in [-0.1, -0.05) is 43.2 Å². The van der Waals surface area contributed by atoms with E-state index in [4.69, 9.17) is 5.10 Å². The molecule has 3 heterocycles. The molecule has 3 aromatic heterocycles. The number of nitrogens with one attached hydrogen (secondary N) is 1. The van der Waals surface area contributed by atoms with Crippen LogP contribution >= 0.6 is 0 Å². The molecule has 1 aliphatic carbocycles. The molecular formula is C20H19N5O. The fourth-order valence-electron chi connectivity index (χ4n) is 4.07. The van der Waals surface area contributed by atoms with E-state index in [1.807, 2.05) is 47.8 Å². The van der Waals surface area contributed by atoms with E-state index in [1.54, 1.807) is 0 Å². The summed E-state index contributed by atoms with van der Waals surface area (Å²) in [6, 6.07) is 12.1. The van der Waals surface area contributed by atoms with Gasteiger partial charge >= 0.3 is 0 Å². The van der Waals surface area contributed by atoms with Crippen LogP contribution in [0.25, 0.3) is 27.7 Å². The number of aryl methyl sites for hydroxylation is 1. The third kappa shape index (κ3) is 2.25. The summed E-state index contributed by atoms with van der Waals surface area (Å²) in [5, 5.41) is 12.7. The molecule has 0 aliphatic heterocycles. The second kappa shape index (κ2) is 5.76. The van der Waals surface area contributed by atoms with E-state index in [0.29, 0.717) is 17.3 Å². The predicted molar refractivity (Wildman–Crippen MR) is 100 cm³/mol. The Bertz CT molecular complexity index is 1170. The summed E-state index contributed by atoms with van der Waals surface area (Å²) >= 11 is 0. The number of hydrogen-bond acceptors (Lipinski definition) is 4. The van der Waals surface area contributed by atoms with Crippen molar-refractivity contribution in [2.24, 2.45) is 0 Å². The van der Waals surface area contributed by atoms with E-state index in [0.717, 1.165) is 40.7 Å². The molecule has 1 N–H and O–H groups in total. The highest BCUT2D eigenvalue weighted by Crippen LogP contribution is 2.37. The first-order valence-electron chi connectivity index (χ1n) is 9.06. The monoisotopic (exact) mass is 345 g/mol. The van der Waals surface area contributed by atoms with Crippen LogP contribution in [-0.4, -0.2) is 24.8 Å². The fraction of sp³-hybridized carbons (Fsp3) is 0.300. The Morgan fingerprint density at radius 3 is 2.69 bits per heavy atom. The van der Waals surface area contributed by atoms with E-state index in [1.165, 1.54) is 12.8 Å². The van der Waals surface area contributed by atoms with Gasteiger partial charge in [0.15, 0.2) is 0 Å². The lowest BCUT2D eigenvalue weighted by Crippen LogP contribution is -2.16. The zero-order chi connectivity index (χ0) is 17.7.